The lowest BCUT2D eigenvalue weighted by molar-refractivity contribution is 0.391. The summed E-state index contributed by atoms with van der Waals surface area (Å²) in [6.07, 6.45) is 0.642. The highest BCUT2D eigenvalue weighted by Gasteiger charge is 2.11. The average molecular weight is 234 g/mol. The Labute approximate surface area is 102 Å². The Bertz CT molecular complexity index is 399. The molecular weight excluding hydrogens is 216 g/mol. The van der Waals surface area contributed by atoms with Crippen LogP contribution in [0.2, 0.25) is 0 Å². The molecule has 0 aliphatic heterocycles. The fourth-order valence-electron chi connectivity index (χ4n) is 1.51. The maximum Gasteiger partial charge on any atom is 0.122 e. The van der Waals surface area contributed by atoms with Crippen molar-refractivity contribution in [2.45, 2.75) is 19.4 Å². The van der Waals surface area contributed by atoms with Crippen LogP contribution in [-0.4, -0.2) is 14.2 Å². The Morgan fingerprint density at radius 2 is 1.82 bits per heavy atom. The first-order valence-corrected chi connectivity index (χ1v) is 5.33. The Morgan fingerprint density at radius 1 is 1.24 bits per heavy atom. The lowest BCUT2D eigenvalue weighted by Crippen LogP contribution is -2.27. The van der Waals surface area contributed by atoms with E-state index in [2.05, 4.69) is 17.3 Å². The van der Waals surface area contributed by atoms with E-state index in [1.165, 1.54) is 0 Å². The minimum atomic E-state index is -0.0357. The van der Waals surface area contributed by atoms with Crippen molar-refractivity contribution in [3.63, 3.8) is 0 Å². The van der Waals surface area contributed by atoms with Gasteiger partial charge in [0.05, 0.1) is 20.3 Å². The van der Waals surface area contributed by atoms with E-state index in [1.807, 2.05) is 18.2 Å². The molecule has 0 amide bonds. The van der Waals surface area contributed by atoms with Gasteiger partial charge in [-0.3, -0.25) is 11.3 Å². The topological polar surface area (TPSA) is 56.5 Å². The molecule has 4 nitrogen and oxygen atoms in total. The summed E-state index contributed by atoms with van der Waals surface area (Å²) in [6, 6.07) is 5.63. The van der Waals surface area contributed by atoms with Gasteiger partial charge >= 0.3 is 0 Å². The highest BCUT2D eigenvalue weighted by atomic mass is 16.5. The smallest absolute Gasteiger partial charge is 0.122 e. The van der Waals surface area contributed by atoms with Crippen molar-refractivity contribution >= 4 is 0 Å². The fraction of sp³-hybridized carbons (Fsp3) is 0.385. The van der Waals surface area contributed by atoms with Crippen LogP contribution in [0.1, 0.15) is 24.9 Å². The molecule has 0 saturated carbocycles. The maximum atomic E-state index is 5.53. The third-order valence-electron chi connectivity index (χ3n) is 2.46. The summed E-state index contributed by atoms with van der Waals surface area (Å²) in [5, 5.41) is 0. The quantitative estimate of drug-likeness (QED) is 0.462. The SMILES string of the molecule is CC#CCC(NN)c1cc(OC)cc(OC)c1. The van der Waals surface area contributed by atoms with Crippen LogP contribution in [0.15, 0.2) is 18.2 Å². The average Bonchev–Trinajstić information content (AvgIpc) is 2.39. The second-order valence-electron chi connectivity index (χ2n) is 3.50. The monoisotopic (exact) mass is 234 g/mol. The molecule has 4 heteroatoms. The van der Waals surface area contributed by atoms with E-state index in [-0.39, 0.29) is 6.04 Å². The van der Waals surface area contributed by atoms with Gasteiger partial charge in [0.15, 0.2) is 0 Å². The zero-order valence-corrected chi connectivity index (χ0v) is 10.4. The van der Waals surface area contributed by atoms with E-state index in [9.17, 15) is 0 Å². The van der Waals surface area contributed by atoms with Gasteiger partial charge in [-0.15, -0.1) is 11.8 Å². The summed E-state index contributed by atoms with van der Waals surface area (Å²) in [5.41, 5.74) is 3.73. The van der Waals surface area contributed by atoms with E-state index in [4.69, 9.17) is 15.3 Å². The summed E-state index contributed by atoms with van der Waals surface area (Å²) in [6.45, 7) is 1.81. The van der Waals surface area contributed by atoms with Gasteiger partial charge in [0, 0.05) is 12.5 Å². The molecule has 0 aliphatic carbocycles. The number of nitrogens with two attached hydrogens (primary N) is 1. The third-order valence-corrected chi connectivity index (χ3v) is 2.46. The summed E-state index contributed by atoms with van der Waals surface area (Å²) in [5.74, 6) is 12.9. The highest BCUT2D eigenvalue weighted by Crippen LogP contribution is 2.27. The van der Waals surface area contributed by atoms with Gasteiger partial charge in [-0.2, -0.15) is 0 Å². The van der Waals surface area contributed by atoms with Gasteiger partial charge in [-0.05, 0) is 24.6 Å². The van der Waals surface area contributed by atoms with E-state index in [0.717, 1.165) is 17.1 Å². The van der Waals surface area contributed by atoms with Crippen LogP contribution in [-0.2, 0) is 0 Å². The van der Waals surface area contributed by atoms with E-state index < -0.39 is 0 Å². The van der Waals surface area contributed by atoms with Gasteiger partial charge < -0.3 is 9.47 Å². The molecule has 1 atom stereocenters. The Balaban J connectivity index is 3.03. The molecule has 3 N–H and O–H groups in total. The summed E-state index contributed by atoms with van der Waals surface area (Å²) >= 11 is 0. The number of hydrazine groups is 1. The molecule has 0 aliphatic rings. The Kier molecular flexibility index (Phi) is 5.34. The molecule has 0 aromatic heterocycles. The van der Waals surface area contributed by atoms with Crippen molar-refractivity contribution in [2.75, 3.05) is 14.2 Å². The summed E-state index contributed by atoms with van der Waals surface area (Å²) in [7, 11) is 3.24. The standard InChI is InChI=1S/C13H18N2O2/c1-4-5-6-13(15-14)10-7-11(16-2)9-12(8-10)17-3/h7-9,13,15H,6,14H2,1-3H3. The normalized spacial score (nSPS) is 11.3. The fourth-order valence-corrected chi connectivity index (χ4v) is 1.51. The van der Waals surface area contributed by atoms with E-state index >= 15 is 0 Å². The molecule has 1 aromatic carbocycles. The van der Waals surface area contributed by atoms with Crippen LogP contribution < -0.4 is 20.7 Å². The van der Waals surface area contributed by atoms with Crippen molar-refractivity contribution in [2.24, 2.45) is 5.84 Å². The van der Waals surface area contributed by atoms with Crippen LogP contribution >= 0.6 is 0 Å². The maximum absolute atomic E-state index is 5.53. The third kappa shape index (κ3) is 3.66. The molecule has 0 heterocycles. The number of nitrogens with one attached hydrogen (secondary N) is 1. The first kappa shape index (κ1) is 13.4. The van der Waals surface area contributed by atoms with Crippen LogP contribution in [0.4, 0.5) is 0 Å². The minimum Gasteiger partial charge on any atom is -0.497 e. The number of hydrogen-bond donors (Lipinski definition) is 2. The van der Waals surface area contributed by atoms with Gasteiger partial charge in [-0.25, -0.2) is 0 Å². The predicted octanol–water partition coefficient (Wildman–Crippen LogP) is 1.62. The first-order valence-electron chi connectivity index (χ1n) is 5.33. The molecule has 1 rings (SSSR count). The largest absolute Gasteiger partial charge is 0.497 e. The number of rotatable bonds is 5. The van der Waals surface area contributed by atoms with Crippen molar-refractivity contribution < 1.29 is 9.47 Å². The van der Waals surface area contributed by atoms with Crippen LogP contribution in [0, 0.1) is 11.8 Å². The van der Waals surface area contributed by atoms with E-state index in [0.29, 0.717) is 6.42 Å². The zero-order valence-electron chi connectivity index (χ0n) is 10.4. The Morgan fingerprint density at radius 3 is 2.24 bits per heavy atom. The van der Waals surface area contributed by atoms with Gasteiger partial charge in [-0.1, -0.05) is 0 Å². The van der Waals surface area contributed by atoms with Crippen molar-refractivity contribution in [1.82, 2.24) is 5.43 Å². The molecule has 0 bridgehead atoms. The molecule has 0 radical (unpaired) electrons. The molecule has 1 unspecified atom stereocenters. The van der Waals surface area contributed by atoms with E-state index in [1.54, 1.807) is 21.1 Å². The van der Waals surface area contributed by atoms with Crippen LogP contribution in [0.25, 0.3) is 0 Å². The second kappa shape index (κ2) is 6.79. The lowest BCUT2D eigenvalue weighted by atomic mass is 10.0. The van der Waals surface area contributed by atoms with Gasteiger partial charge in [0.1, 0.15) is 11.5 Å². The van der Waals surface area contributed by atoms with Crippen molar-refractivity contribution in [3.05, 3.63) is 23.8 Å². The summed E-state index contributed by atoms with van der Waals surface area (Å²) < 4.78 is 10.4. The molecular formula is C13H18N2O2. The zero-order chi connectivity index (χ0) is 12.7. The molecule has 0 saturated heterocycles. The molecule has 0 fully saturated rings. The highest BCUT2D eigenvalue weighted by molar-refractivity contribution is 5.40. The van der Waals surface area contributed by atoms with Crippen molar-refractivity contribution in [3.8, 4) is 23.3 Å². The second-order valence-corrected chi connectivity index (χ2v) is 3.50. The Hall–Kier alpha value is -1.70. The van der Waals surface area contributed by atoms with Crippen molar-refractivity contribution in [1.29, 1.82) is 0 Å². The summed E-state index contributed by atoms with van der Waals surface area (Å²) in [4.78, 5) is 0. The predicted molar refractivity (Wildman–Crippen MR) is 67.7 cm³/mol. The number of ether oxygens (including phenoxy) is 2. The van der Waals surface area contributed by atoms with Crippen LogP contribution in [0.3, 0.4) is 0 Å². The number of hydrogen-bond acceptors (Lipinski definition) is 4. The molecule has 92 valence electrons. The number of methoxy groups -OCH3 is 2. The molecule has 17 heavy (non-hydrogen) atoms. The lowest BCUT2D eigenvalue weighted by Gasteiger charge is -2.15. The van der Waals surface area contributed by atoms with Gasteiger partial charge in [0.2, 0.25) is 0 Å². The molecule has 0 spiro atoms. The van der Waals surface area contributed by atoms with Gasteiger partial charge in [0.25, 0.3) is 0 Å². The molecule has 1 aromatic rings. The van der Waals surface area contributed by atoms with Crippen LogP contribution in [0.5, 0.6) is 11.5 Å². The minimum absolute atomic E-state index is 0.0357. The first-order chi connectivity index (χ1) is 8.24. The number of benzene rings is 1.